The van der Waals surface area contributed by atoms with Crippen molar-refractivity contribution < 1.29 is 4.79 Å². The molecule has 0 bridgehead atoms. The van der Waals surface area contributed by atoms with E-state index >= 15 is 0 Å². The van der Waals surface area contributed by atoms with Crippen LogP contribution in [0.2, 0.25) is 0 Å². The molecule has 0 N–H and O–H groups in total. The molecule has 4 rings (SSSR count). The maximum absolute atomic E-state index is 12.7. The standard InChI is InChI=1S/C18H19N5O/c1-13-3-7-22(8-4-13)18(24)15-10-14-5-9-23(17(14)20-11-15)16-2-6-19-12-21-16/h2,5-6,9-13H,3-4,7-8H2,1H3. The smallest absolute Gasteiger partial charge is 0.255 e. The van der Waals surface area contributed by atoms with Crippen molar-refractivity contribution in [3.05, 3.63) is 48.7 Å². The van der Waals surface area contributed by atoms with Crippen LogP contribution in [-0.4, -0.2) is 43.4 Å². The number of carbonyl (C=O) groups is 1. The average molecular weight is 321 g/mol. The summed E-state index contributed by atoms with van der Waals surface area (Å²) < 4.78 is 1.90. The van der Waals surface area contributed by atoms with Crippen LogP contribution in [0, 0.1) is 5.92 Å². The molecule has 0 aliphatic carbocycles. The van der Waals surface area contributed by atoms with Crippen LogP contribution in [0.1, 0.15) is 30.1 Å². The van der Waals surface area contributed by atoms with Crippen LogP contribution in [0.3, 0.4) is 0 Å². The lowest BCUT2D eigenvalue weighted by atomic mass is 9.99. The van der Waals surface area contributed by atoms with E-state index in [1.165, 1.54) is 6.33 Å². The molecule has 1 aliphatic rings. The molecular weight excluding hydrogens is 302 g/mol. The number of fused-ring (bicyclic) bond motifs is 1. The van der Waals surface area contributed by atoms with Crippen molar-refractivity contribution in [1.29, 1.82) is 0 Å². The predicted molar refractivity (Wildman–Crippen MR) is 91.0 cm³/mol. The number of likely N-dealkylation sites (tertiary alicyclic amines) is 1. The van der Waals surface area contributed by atoms with Gasteiger partial charge in [0, 0.05) is 37.1 Å². The van der Waals surface area contributed by atoms with Gasteiger partial charge in [0.05, 0.1) is 5.56 Å². The lowest BCUT2D eigenvalue weighted by Crippen LogP contribution is -2.37. The van der Waals surface area contributed by atoms with Gasteiger partial charge in [-0.05, 0) is 37.0 Å². The summed E-state index contributed by atoms with van der Waals surface area (Å²) in [5.74, 6) is 1.54. The Bertz CT molecular complexity index is 866. The van der Waals surface area contributed by atoms with E-state index in [4.69, 9.17) is 0 Å². The van der Waals surface area contributed by atoms with Crippen LogP contribution in [0.15, 0.2) is 43.1 Å². The van der Waals surface area contributed by atoms with Crippen LogP contribution >= 0.6 is 0 Å². The van der Waals surface area contributed by atoms with Crippen LogP contribution in [0.25, 0.3) is 16.9 Å². The fourth-order valence-electron chi connectivity index (χ4n) is 3.15. The summed E-state index contributed by atoms with van der Waals surface area (Å²) in [4.78, 5) is 27.3. The first kappa shape index (κ1) is 14.8. The topological polar surface area (TPSA) is 63.9 Å². The molecular formula is C18H19N5O. The largest absolute Gasteiger partial charge is 0.339 e. The summed E-state index contributed by atoms with van der Waals surface area (Å²) in [5, 5.41) is 0.935. The maximum atomic E-state index is 12.7. The molecule has 1 amide bonds. The van der Waals surface area contributed by atoms with E-state index in [0.29, 0.717) is 11.5 Å². The number of carbonyl (C=O) groups excluding carboxylic acids is 1. The fourth-order valence-corrected chi connectivity index (χ4v) is 3.15. The highest BCUT2D eigenvalue weighted by Crippen LogP contribution is 2.21. The van der Waals surface area contributed by atoms with Crippen LogP contribution in [-0.2, 0) is 0 Å². The second-order valence-electron chi connectivity index (χ2n) is 6.36. The number of hydrogen-bond donors (Lipinski definition) is 0. The van der Waals surface area contributed by atoms with Crippen molar-refractivity contribution in [2.24, 2.45) is 5.92 Å². The Morgan fingerprint density at radius 1 is 1.21 bits per heavy atom. The zero-order valence-electron chi connectivity index (χ0n) is 13.6. The molecule has 1 saturated heterocycles. The van der Waals surface area contributed by atoms with Gasteiger partial charge in [0.2, 0.25) is 0 Å². The molecule has 0 radical (unpaired) electrons. The Balaban J connectivity index is 1.64. The van der Waals surface area contributed by atoms with Gasteiger partial charge in [0.15, 0.2) is 0 Å². The molecule has 4 heterocycles. The number of pyridine rings is 1. The quantitative estimate of drug-likeness (QED) is 0.728. The summed E-state index contributed by atoms with van der Waals surface area (Å²) >= 11 is 0. The van der Waals surface area contributed by atoms with Crippen LogP contribution < -0.4 is 0 Å². The summed E-state index contributed by atoms with van der Waals surface area (Å²) in [6, 6.07) is 5.70. The van der Waals surface area contributed by atoms with E-state index in [1.54, 1.807) is 12.4 Å². The number of rotatable bonds is 2. The highest BCUT2D eigenvalue weighted by Gasteiger charge is 2.22. The minimum atomic E-state index is 0.0751. The first-order valence-electron chi connectivity index (χ1n) is 8.25. The average Bonchev–Trinajstić information content (AvgIpc) is 3.05. The number of piperidine rings is 1. The molecule has 0 aromatic carbocycles. The van der Waals surface area contributed by atoms with Gasteiger partial charge in [-0.15, -0.1) is 0 Å². The summed E-state index contributed by atoms with van der Waals surface area (Å²) in [6.45, 7) is 3.91. The first-order chi connectivity index (χ1) is 11.7. The van der Waals surface area contributed by atoms with Crippen molar-refractivity contribution in [1.82, 2.24) is 24.4 Å². The Morgan fingerprint density at radius 3 is 2.79 bits per heavy atom. The van der Waals surface area contributed by atoms with Gasteiger partial charge >= 0.3 is 0 Å². The van der Waals surface area contributed by atoms with Gasteiger partial charge in [-0.2, -0.15) is 0 Å². The Morgan fingerprint density at radius 2 is 2.04 bits per heavy atom. The van der Waals surface area contributed by atoms with E-state index < -0.39 is 0 Å². The van der Waals surface area contributed by atoms with Gasteiger partial charge in [-0.25, -0.2) is 15.0 Å². The van der Waals surface area contributed by atoms with E-state index in [-0.39, 0.29) is 5.91 Å². The molecule has 0 unspecified atom stereocenters. The lowest BCUT2D eigenvalue weighted by Gasteiger charge is -2.30. The summed E-state index contributed by atoms with van der Waals surface area (Å²) in [6.07, 6.45) is 8.94. The molecule has 1 aliphatic heterocycles. The van der Waals surface area contributed by atoms with Gasteiger partial charge in [-0.1, -0.05) is 6.92 Å². The number of amides is 1. The highest BCUT2D eigenvalue weighted by atomic mass is 16.2. The Kier molecular flexibility index (Phi) is 3.72. The third-order valence-corrected chi connectivity index (χ3v) is 4.66. The lowest BCUT2D eigenvalue weighted by molar-refractivity contribution is 0.0697. The van der Waals surface area contributed by atoms with Gasteiger partial charge < -0.3 is 4.90 Å². The van der Waals surface area contributed by atoms with E-state index in [2.05, 4.69) is 21.9 Å². The molecule has 3 aromatic rings. The van der Waals surface area contributed by atoms with Gasteiger partial charge in [0.1, 0.15) is 17.8 Å². The van der Waals surface area contributed by atoms with Crippen LogP contribution in [0.4, 0.5) is 0 Å². The van der Waals surface area contributed by atoms with Crippen molar-refractivity contribution in [3.8, 4) is 5.82 Å². The first-order valence-corrected chi connectivity index (χ1v) is 8.25. The summed E-state index contributed by atoms with van der Waals surface area (Å²) in [5.41, 5.74) is 1.44. The SMILES string of the molecule is CC1CCN(C(=O)c2cnc3c(ccn3-c3ccncn3)c2)CC1. The Labute approximate surface area is 140 Å². The normalized spacial score (nSPS) is 15.8. The monoisotopic (exact) mass is 321 g/mol. The van der Waals surface area contributed by atoms with Crippen molar-refractivity contribution in [3.63, 3.8) is 0 Å². The number of hydrogen-bond acceptors (Lipinski definition) is 4. The predicted octanol–water partition coefficient (Wildman–Crippen LogP) is 2.69. The van der Waals surface area contributed by atoms with E-state index in [9.17, 15) is 4.79 Å². The second kappa shape index (κ2) is 6.03. The third-order valence-electron chi connectivity index (χ3n) is 4.66. The van der Waals surface area contributed by atoms with Crippen molar-refractivity contribution in [2.45, 2.75) is 19.8 Å². The molecule has 3 aromatic heterocycles. The molecule has 0 spiro atoms. The van der Waals surface area contributed by atoms with E-state index in [1.807, 2.05) is 33.9 Å². The van der Waals surface area contributed by atoms with Crippen LogP contribution in [0.5, 0.6) is 0 Å². The molecule has 6 heteroatoms. The van der Waals surface area contributed by atoms with Gasteiger partial charge in [-0.3, -0.25) is 9.36 Å². The molecule has 0 saturated carbocycles. The summed E-state index contributed by atoms with van der Waals surface area (Å²) in [7, 11) is 0. The van der Waals surface area contributed by atoms with Gasteiger partial charge in [0.25, 0.3) is 5.91 Å². The third kappa shape index (κ3) is 2.64. The molecule has 6 nitrogen and oxygen atoms in total. The minimum Gasteiger partial charge on any atom is -0.339 e. The van der Waals surface area contributed by atoms with E-state index in [0.717, 1.165) is 42.8 Å². The Hall–Kier alpha value is -2.76. The van der Waals surface area contributed by atoms with Crippen molar-refractivity contribution in [2.75, 3.05) is 13.1 Å². The molecule has 122 valence electrons. The second-order valence-corrected chi connectivity index (χ2v) is 6.36. The molecule has 0 atom stereocenters. The molecule has 24 heavy (non-hydrogen) atoms. The number of nitrogens with zero attached hydrogens (tertiary/aromatic N) is 5. The number of aromatic nitrogens is 4. The fraction of sp³-hybridized carbons (Fsp3) is 0.333. The van der Waals surface area contributed by atoms with Crippen molar-refractivity contribution >= 4 is 16.9 Å². The highest BCUT2D eigenvalue weighted by molar-refractivity contribution is 5.97. The maximum Gasteiger partial charge on any atom is 0.255 e. The molecule has 1 fully saturated rings. The zero-order chi connectivity index (χ0) is 16.5. The zero-order valence-corrected chi connectivity index (χ0v) is 13.6. The minimum absolute atomic E-state index is 0.0751.